The maximum atomic E-state index is 12.6. The highest BCUT2D eigenvalue weighted by Crippen LogP contribution is 2.34. The van der Waals surface area contributed by atoms with Crippen molar-refractivity contribution in [2.24, 2.45) is 5.92 Å². The fourth-order valence-corrected chi connectivity index (χ4v) is 2.44. The maximum absolute atomic E-state index is 12.6. The highest BCUT2D eigenvalue weighted by Gasteiger charge is 2.41. The second-order valence-corrected chi connectivity index (χ2v) is 5.51. The highest BCUT2D eigenvalue weighted by molar-refractivity contribution is 5.76. The van der Waals surface area contributed by atoms with Crippen molar-refractivity contribution in [3.05, 3.63) is 0 Å². The van der Waals surface area contributed by atoms with E-state index in [2.05, 4.69) is 5.32 Å². The Morgan fingerprint density at radius 3 is 2.30 bits per heavy atom. The van der Waals surface area contributed by atoms with Crippen molar-refractivity contribution in [1.29, 1.82) is 0 Å². The molecule has 0 bridgehead atoms. The number of esters is 1. The summed E-state index contributed by atoms with van der Waals surface area (Å²) < 4.78 is 42.5. The number of hydrogen-bond donors (Lipinski definition) is 1. The number of nitrogens with one attached hydrogen (secondary N) is 1. The summed E-state index contributed by atoms with van der Waals surface area (Å²) in [7, 11) is 1.31. The lowest BCUT2D eigenvalue weighted by Gasteiger charge is -2.34. The van der Waals surface area contributed by atoms with E-state index in [1.807, 2.05) is 18.7 Å². The average Bonchev–Trinajstić information content (AvgIpc) is 2.36. The van der Waals surface area contributed by atoms with Gasteiger partial charge >= 0.3 is 12.1 Å². The van der Waals surface area contributed by atoms with E-state index in [-0.39, 0.29) is 24.9 Å². The first kappa shape index (κ1) is 17.2. The van der Waals surface area contributed by atoms with Crippen LogP contribution in [0.2, 0.25) is 0 Å². The van der Waals surface area contributed by atoms with Crippen LogP contribution in [0.25, 0.3) is 0 Å². The van der Waals surface area contributed by atoms with Crippen LogP contribution in [0.5, 0.6) is 0 Å². The number of carbonyl (C=O) groups is 1. The van der Waals surface area contributed by atoms with Gasteiger partial charge in [-0.25, -0.2) is 0 Å². The summed E-state index contributed by atoms with van der Waals surface area (Å²) in [6.45, 7) is 4.92. The van der Waals surface area contributed by atoms with Gasteiger partial charge in [-0.1, -0.05) is 13.8 Å². The fraction of sp³-hybridized carbons (Fsp3) is 0.923. The van der Waals surface area contributed by atoms with Gasteiger partial charge in [-0.05, 0) is 25.9 Å². The van der Waals surface area contributed by atoms with Crippen molar-refractivity contribution in [3.8, 4) is 0 Å². The van der Waals surface area contributed by atoms with E-state index < -0.39 is 18.1 Å². The number of piperidine rings is 1. The molecule has 0 aromatic heterocycles. The number of hydrogen-bond acceptors (Lipinski definition) is 4. The van der Waals surface area contributed by atoms with Crippen molar-refractivity contribution in [2.45, 2.75) is 44.9 Å². The van der Waals surface area contributed by atoms with Crippen LogP contribution in [0.1, 0.15) is 26.7 Å². The number of nitrogens with zero attached hydrogens (tertiary/aromatic N) is 1. The molecule has 0 aromatic carbocycles. The summed E-state index contributed by atoms with van der Waals surface area (Å²) in [6.07, 6.45) is -3.91. The standard InChI is InChI=1S/C13H23F3N2O2/c1-9(2)17-11(12(19)20-3)8-18-6-4-10(5-7-18)13(14,15)16/h9-11,17H,4-8H2,1-3H3. The van der Waals surface area contributed by atoms with Crippen molar-refractivity contribution < 1.29 is 22.7 Å². The van der Waals surface area contributed by atoms with Gasteiger partial charge in [-0.15, -0.1) is 0 Å². The van der Waals surface area contributed by atoms with E-state index in [1.165, 1.54) is 7.11 Å². The summed E-state index contributed by atoms with van der Waals surface area (Å²) in [5.74, 6) is -1.59. The average molecular weight is 296 g/mol. The van der Waals surface area contributed by atoms with E-state index in [9.17, 15) is 18.0 Å². The number of halogens is 3. The Morgan fingerprint density at radius 1 is 1.35 bits per heavy atom. The van der Waals surface area contributed by atoms with Crippen LogP contribution in [0.15, 0.2) is 0 Å². The van der Waals surface area contributed by atoms with Crippen LogP contribution in [0.4, 0.5) is 13.2 Å². The predicted molar refractivity (Wildman–Crippen MR) is 69.3 cm³/mol. The summed E-state index contributed by atoms with van der Waals surface area (Å²) in [6, 6.07) is -0.394. The number of alkyl halides is 3. The minimum absolute atomic E-state index is 0.0963. The molecule has 4 nitrogen and oxygen atoms in total. The Labute approximate surface area is 117 Å². The largest absolute Gasteiger partial charge is 0.468 e. The molecule has 1 saturated heterocycles. The second kappa shape index (κ2) is 7.26. The third-order valence-electron chi connectivity index (χ3n) is 3.51. The third-order valence-corrected chi connectivity index (χ3v) is 3.51. The third kappa shape index (κ3) is 5.28. The Balaban J connectivity index is 2.49. The molecule has 1 N–H and O–H groups in total. The number of likely N-dealkylation sites (tertiary alicyclic amines) is 1. The first-order chi connectivity index (χ1) is 9.24. The Hall–Kier alpha value is -0.820. The van der Waals surface area contributed by atoms with Crippen LogP contribution in [-0.4, -0.2) is 55.9 Å². The van der Waals surface area contributed by atoms with Gasteiger partial charge in [-0.2, -0.15) is 13.2 Å². The maximum Gasteiger partial charge on any atom is 0.391 e. The molecule has 20 heavy (non-hydrogen) atoms. The number of rotatable bonds is 5. The summed E-state index contributed by atoms with van der Waals surface area (Å²) >= 11 is 0. The molecule has 118 valence electrons. The van der Waals surface area contributed by atoms with Crippen LogP contribution in [0.3, 0.4) is 0 Å². The lowest BCUT2D eigenvalue weighted by atomic mass is 9.96. The molecule has 0 radical (unpaired) electrons. The molecule has 7 heteroatoms. The van der Waals surface area contributed by atoms with Crippen molar-refractivity contribution >= 4 is 5.97 Å². The zero-order valence-corrected chi connectivity index (χ0v) is 12.2. The minimum Gasteiger partial charge on any atom is -0.468 e. The van der Waals surface area contributed by atoms with Gasteiger partial charge in [0.2, 0.25) is 0 Å². The molecule has 0 amide bonds. The van der Waals surface area contributed by atoms with Crippen LogP contribution in [-0.2, 0) is 9.53 Å². The molecule has 1 rings (SSSR count). The molecule has 1 unspecified atom stereocenters. The monoisotopic (exact) mass is 296 g/mol. The van der Waals surface area contributed by atoms with E-state index >= 15 is 0 Å². The SMILES string of the molecule is COC(=O)C(CN1CCC(C(F)(F)F)CC1)NC(C)C. The zero-order valence-electron chi connectivity index (χ0n) is 12.2. The van der Waals surface area contributed by atoms with E-state index in [4.69, 9.17) is 4.74 Å². The van der Waals surface area contributed by atoms with E-state index in [0.717, 1.165) is 0 Å². The highest BCUT2D eigenvalue weighted by atomic mass is 19.4. The van der Waals surface area contributed by atoms with E-state index in [1.54, 1.807) is 0 Å². The summed E-state index contributed by atoms with van der Waals surface area (Å²) in [5.41, 5.74) is 0. The van der Waals surface area contributed by atoms with Crippen LogP contribution < -0.4 is 5.32 Å². The van der Waals surface area contributed by atoms with Crippen LogP contribution >= 0.6 is 0 Å². The smallest absolute Gasteiger partial charge is 0.391 e. The molecule has 1 heterocycles. The Kier molecular flexibility index (Phi) is 6.26. The normalized spacial score (nSPS) is 20.1. The van der Waals surface area contributed by atoms with Crippen LogP contribution in [0, 0.1) is 5.92 Å². The summed E-state index contributed by atoms with van der Waals surface area (Å²) in [5, 5.41) is 3.08. The zero-order chi connectivity index (χ0) is 15.3. The Bertz CT molecular complexity index is 313. The van der Waals surface area contributed by atoms with Crippen molar-refractivity contribution in [2.75, 3.05) is 26.7 Å². The molecule has 1 fully saturated rings. The number of methoxy groups -OCH3 is 1. The van der Waals surface area contributed by atoms with Gasteiger partial charge in [0.05, 0.1) is 13.0 Å². The fourth-order valence-electron chi connectivity index (χ4n) is 2.44. The molecule has 0 aliphatic carbocycles. The lowest BCUT2D eigenvalue weighted by Crippen LogP contribution is -2.51. The molecule has 1 atom stereocenters. The molecule has 0 aromatic rings. The van der Waals surface area contributed by atoms with Gasteiger partial charge < -0.3 is 15.0 Å². The first-order valence-corrected chi connectivity index (χ1v) is 6.87. The van der Waals surface area contributed by atoms with Gasteiger partial charge in [0.1, 0.15) is 6.04 Å². The van der Waals surface area contributed by atoms with Gasteiger partial charge in [0, 0.05) is 12.6 Å². The molecule has 0 spiro atoms. The van der Waals surface area contributed by atoms with Crippen molar-refractivity contribution in [3.63, 3.8) is 0 Å². The lowest BCUT2D eigenvalue weighted by molar-refractivity contribution is -0.185. The van der Waals surface area contributed by atoms with Gasteiger partial charge in [0.25, 0.3) is 0 Å². The van der Waals surface area contributed by atoms with E-state index in [0.29, 0.717) is 19.6 Å². The second-order valence-electron chi connectivity index (χ2n) is 5.51. The number of carbonyl (C=O) groups excluding carboxylic acids is 1. The summed E-state index contributed by atoms with van der Waals surface area (Å²) in [4.78, 5) is 13.5. The minimum atomic E-state index is -4.11. The molecule has 0 saturated carbocycles. The molecule has 1 aliphatic heterocycles. The number of ether oxygens (including phenoxy) is 1. The topological polar surface area (TPSA) is 41.6 Å². The first-order valence-electron chi connectivity index (χ1n) is 6.87. The Morgan fingerprint density at radius 2 is 1.90 bits per heavy atom. The molecular weight excluding hydrogens is 273 g/mol. The van der Waals surface area contributed by atoms with Crippen molar-refractivity contribution in [1.82, 2.24) is 10.2 Å². The molecular formula is C13H23F3N2O2. The van der Waals surface area contributed by atoms with Gasteiger partial charge in [-0.3, -0.25) is 4.79 Å². The predicted octanol–water partition coefficient (Wildman–Crippen LogP) is 1.80. The van der Waals surface area contributed by atoms with Gasteiger partial charge in [0.15, 0.2) is 0 Å². The quantitative estimate of drug-likeness (QED) is 0.786. The molecule has 1 aliphatic rings.